The van der Waals surface area contributed by atoms with Crippen molar-refractivity contribution < 1.29 is 14.6 Å². The van der Waals surface area contributed by atoms with Crippen LogP contribution >= 0.6 is 22.0 Å². The summed E-state index contributed by atoms with van der Waals surface area (Å²) in [5.74, 6) is 0.836. The van der Waals surface area contributed by atoms with E-state index in [4.69, 9.17) is 0 Å². The molecule has 1 heterocycles. The minimum absolute atomic E-state index is 0.635. The van der Waals surface area contributed by atoms with Crippen LogP contribution in [0.5, 0.6) is 0 Å². The summed E-state index contributed by atoms with van der Waals surface area (Å²) in [6.45, 7) is 0. The Hall–Kier alpha value is -0.936. The van der Waals surface area contributed by atoms with Crippen molar-refractivity contribution in [3.05, 3.63) is 71.4 Å². The molecule has 2 rings (SSSR count). The van der Waals surface area contributed by atoms with Gasteiger partial charge in [-0.05, 0) is 17.7 Å². The quantitative estimate of drug-likeness (QED) is 0.202. The molecule has 113 valence electrons. The molecule has 0 aliphatic rings. The van der Waals surface area contributed by atoms with Gasteiger partial charge in [-0.2, -0.15) is 0 Å². The molecule has 7 heteroatoms. The minimum Gasteiger partial charge on any atom is -0.520 e. The molecular formula is C14H13ClN3NiS2. The topological polar surface area (TPSA) is 39.4 Å². The van der Waals surface area contributed by atoms with Gasteiger partial charge in [0.2, 0.25) is 0 Å². The van der Waals surface area contributed by atoms with E-state index in [0.717, 1.165) is 11.4 Å². The summed E-state index contributed by atoms with van der Waals surface area (Å²) in [6, 6.07) is 15.8. The molecular weight excluding hydrogens is 368 g/mol. The van der Waals surface area contributed by atoms with Gasteiger partial charge in [0.25, 0.3) is 0 Å². The Morgan fingerprint density at radius 2 is 1.95 bits per heavy atom. The number of halogens is 1. The van der Waals surface area contributed by atoms with Gasteiger partial charge in [-0.1, -0.05) is 48.2 Å². The van der Waals surface area contributed by atoms with Crippen LogP contribution in [0.15, 0.2) is 59.8 Å². The number of thiol groups is 1. The second kappa shape index (κ2) is 11.7. The molecule has 0 saturated carbocycles. The Labute approximate surface area is 146 Å². The van der Waals surface area contributed by atoms with Crippen LogP contribution in [-0.2, 0) is 32.5 Å². The fourth-order valence-electron chi connectivity index (χ4n) is 1.34. The van der Waals surface area contributed by atoms with Gasteiger partial charge >= 0.3 is 24.8 Å². The van der Waals surface area contributed by atoms with Crippen LogP contribution in [-0.4, -0.2) is 15.5 Å². The van der Waals surface area contributed by atoms with Crippen LogP contribution in [0.2, 0.25) is 0 Å². The van der Waals surface area contributed by atoms with E-state index in [9.17, 15) is 0 Å². The van der Waals surface area contributed by atoms with Gasteiger partial charge in [0.1, 0.15) is 0 Å². The first-order valence-electron chi connectivity index (χ1n) is 5.84. The van der Waals surface area contributed by atoms with E-state index in [0.29, 0.717) is 4.32 Å². The SMILES string of the molecule is [Cl][Ni].[SH+]=C([N-]N=Cc1ccccn1)SCc1ccccc1. The molecule has 0 bridgehead atoms. The number of thioether (sulfide) groups is 1. The maximum Gasteiger partial charge on any atom is 0.175 e. The van der Waals surface area contributed by atoms with Crippen molar-refractivity contribution in [2.45, 2.75) is 5.75 Å². The van der Waals surface area contributed by atoms with E-state index in [-0.39, 0.29) is 0 Å². The third kappa shape index (κ3) is 8.17. The molecule has 21 heavy (non-hydrogen) atoms. The minimum atomic E-state index is 0.635. The fraction of sp³-hybridized carbons (Fsp3) is 0.0714. The second-order valence-electron chi connectivity index (χ2n) is 3.66. The van der Waals surface area contributed by atoms with Gasteiger partial charge in [-0.3, -0.25) is 4.98 Å². The summed E-state index contributed by atoms with van der Waals surface area (Å²) in [6.07, 6.45) is 3.33. The summed E-state index contributed by atoms with van der Waals surface area (Å²) in [7, 11) is 4.26. The number of rotatable bonds is 4. The molecule has 0 amide bonds. The predicted octanol–water partition coefficient (Wildman–Crippen LogP) is 3.78. The van der Waals surface area contributed by atoms with Crippen LogP contribution < -0.4 is 0 Å². The van der Waals surface area contributed by atoms with Gasteiger partial charge < -0.3 is 10.5 Å². The van der Waals surface area contributed by atoms with Crippen LogP contribution in [0.25, 0.3) is 5.43 Å². The molecule has 0 saturated heterocycles. The Bertz CT molecular complexity index is 553. The number of benzene rings is 1. The molecule has 2 aromatic rings. The predicted molar refractivity (Wildman–Crippen MR) is 92.5 cm³/mol. The largest absolute Gasteiger partial charge is 0.520 e. The summed E-state index contributed by atoms with van der Waals surface area (Å²) in [5, 5.41) is 3.96. The van der Waals surface area contributed by atoms with Gasteiger partial charge in [-0.25, -0.2) is 0 Å². The van der Waals surface area contributed by atoms with E-state index in [1.165, 1.54) is 5.56 Å². The number of pyridine rings is 1. The van der Waals surface area contributed by atoms with E-state index in [1.807, 2.05) is 36.4 Å². The fourth-order valence-corrected chi connectivity index (χ4v) is 2.18. The maximum absolute atomic E-state index is 4.29. The zero-order valence-electron chi connectivity index (χ0n) is 10.9. The van der Waals surface area contributed by atoms with Crippen molar-refractivity contribution in [2.24, 2.45) is 5.10 Å². The molecule has 1 aromatic heterocycles. The van der Waals surface area contributed by atoms with Crippen molar-refractivity contribution in [1.29, 1.82) is 0 Å². The molecule has 0 unspecified atom stereocenters. The summed E-state index contributed by atoms with van der Waals surface area (Å²) >= 11 is 9.18. The number of aromatic nitrogens is 1. The van der Waals surface area contributed by atoms with Crippen LogP contribution in [0.3, 0.4) is 0 Å². The Kier molecular flexibility index (Phi) is 10.1. The maximum atomic E-state index is 4.29. The summed E-state index contributed by atoms with van der Waals surface area (Å²) in [4.78, 5) is 4.12. The second-order valence-corrected chi connectivity index (χ2v) is 5.35. The average Bonchev–Trinajstić information content (AvgIpc) is 2.57. The van der Waals surface area contributed by atoms with Crippen LogP contribution in [0.4, 0.5) is 0 Å². The first kappa shape index (κ1) is 18.1. The first-order valence-corrected chi connectivity index (χ1v) is 8.63. The molecule has 0 aliphatic heterocycles. The molecule has 0 fully saturated rings. The summed E-state index contributed by atoms with van der Waals surface area (Å²) < 4.78 is 0.635. The zero-order valence-corrected chi connectivity index (χ0v) is 14.3. The third-order valence-corrected chi connectivity index (χ3v) is 3.53. The molecule has 1 aromatic carbocycles. The van der Waals surface area contributed by atoms with Crippen LogP contribution in [0, 0.1) is 0 Å². The van der Waals surface area contributed by atoms with E-state index in [1.54, 1.807) is 24.2 Å². The molecule has 0 radical (unpaired) electrons. The normalized spacial score (nSPS) is 9.86. The van der Waals surface area contributed by atoms with Gasteiger partial charge in [0.15, 0.2) is 16.5 Å². The molecule has 3 nitrogen and oxygen atoms in total. The van der Waals surface area contributed by atoms with E-state index >= 15 is 0 Å². The Morgan fingerprint density at radius 1 is 1.24 bits per heavy atom. The van der Waals surface area contributed by atoms with E-state index < -0.39 is 0 Å². The van der Waals surface area contributed by atoms with Crippen molar-refractivity contribution in [2.75, 3.05) is 0 Å². The smallest absolute Gasteiger partial charge is 0.175 e. The number of nitrogens with zero attached hydrogens (tertiary/aromatic N) is 3. The molecule has 0 N–H and O–H groups in total. The molecule has 0 aliphatic carbocycles. The zero-order chi connectivity index (χ0) is 15.3. The average molecular weight is 382 g/mol. The van der Waals surface area contributed by atoms with Gasteiger partial charge in [0.05, 0.1) is 5.69 Å². The monoisotopic (exact) mass is 380 g/mol. The Morgan fingerprint density at radius 3 is 2.62 bits per heavy atom. The number of hydrogen-bond donors (Lipinski definition) is 0. The van der Waals surface area contributed by atoms with Gasteiger partial charge in [0, 0.05) is 18.2 Å². The van der Waals surface area contributed by atoms with E-state index in [2.05, 4.69) is 64.6 Å². The van der Waals surface area contributed by atoms with Crippen molar-refractivity contribution in [3.8, 4) is 0 Å². The Balaban J connectivity index is 0.00000106. The third-order valence-electron chi connectivity index (χ3n) is 2.23. The van der Waals surface area contributed by atoms with Gasteiger partial charge in [-0.15, -0.1) is 0 Å². The number of hydrogen-bond acceptors (Lipinski definition) is 3. The van der Waals surface area contributed by atoms with Crippen molar-refractivity contribution >= 4 is 44.7 Å². The summed E-state index contributed by atoms with van der Waals surface area (Å²) in [5.41, 5.74) is 6.02. The van der Waals surface area contributed by atoms with Crippen LogP contribution in [0.1, 0.15) is 11.3 Å². The first-order chi connectivity index (χ1) is 10.3. The van der Waals surface area contributed by atoms with Crippen molar-refractivity contribution in [3.63, 3.8) is 0 Å². The van der Waals surface area contributed by atoms with Crippen molar-refractivity contribution in [1.82, 2.24) is 4.98 Å². The molecule has 0 atom stereocenters. The molecule has 0 spiro atoms. The standard InChI is InChI=1S/C14H13N3S2.ClH.Ni/c18-14(19-11-12-6-2-1-3-7-12)17-16-10-13-8-4-5-9-15-13;;/h1-10H,11H2,(H,15,17,18);1H;/q;;+1/p-1.